The first-order valence-electron chi connectivity index (χ1n) is 3.94. The van der Waals surface area contributed by atoms with Gasteiger partial charge in [-0.3, -0.25) is 4.79 Å². The summed E-state index contributed by atoms with van der Waals surface area (Å²) in [6.45, 7) is 4.72. The second-order valence-corrected chi connectivity index (χ2v) is 4.72. The van der Waals surface area contributed by atoms with E-state index in [-0.39, 0.29) is 10.8 Å². The summed E-state index contributed by atoms with van der Waals surface area (Å²) in [6.07, 6.45) is 0.924. The Morgan fingerprint density at radius 1 is 1.50 bits per heavy atom. The van der Waals surface area contributed by atoms with E-state index in [9.17, 15) is 4.79 Å². The van der Waals surface area contributed by atoms with Gasteiger partial charge >= 0.3 is 5.97 Å². The monoisotopic (exact) mass is 300 g/mol. The molecule has 72 valence electrons. The zero-order chi connectivity index (χ0) is 9.56. The molecule has 4 heteroatoms. The van der Waals surface area contributed by atoms with Crippen LogP contribution >= 0.6 is 31.9 Å². The fourth-order valence-electron chi connectivity index (χ4n) is 0.549. The van der Waals surface area contributed by atoms with E-state index >= 15 is 0 Å². The Labute approximate surface area is 90.3 Å². The van der Waals surface area contributed by atoms with Crippen molar-refractivity contribution in [1.82, 2.24) is 0 Å². The smallest absolute Gasteiger partial charge is 0.320 e. The molecule has 2 nitrogen and oxygen atoms in total. The van der Waals surface area contributed by atoms with Gasteiger partial charge in [0.15, 0.2) is 0 Å². The molecular weight excluding hydrogens is 288 g/mol. The largest absolute Gasteiger partial charge is 0.465 e. The summed E-state index contributed by atoms with van der Waals surface area (Å²) in [5, 5.41) is 0.591. The lowest BCUT2D eigenvalue weighted by Gasteiger charge is -2.08. The van der Waals surface area contributed by atoms with Crippen molar-refractivity contribution in [1.29, 1.82) is 0 Å². The normalized spacial score (nSPS) is 13.1. The maximum Gasteiger partial charge on any atom is 0.320 e. The SMILES string of the molecule is CC(C)CCOC(=O)C(Br)CBr. The summed E-state index contributed by atoms with van der Waals surface area (Å²) < 4.78 is 4.99. The van der Waals surface area contributed by atoms with Crippen molar-refractivity contribution in [2.45, 2.75) is 25.1 Å². The first-order valence-corrected chi connectivity index (χ1v) is 5.98. The molecule has 0 aliphatic rings. The topological polar surface area (TPSA) is 26.3 Å². The molecule has 0 saturated heterocycles. The number of carbonyl (C=O) groups is 1. The van der Waals surface area contributed by atoms with Gasteiger partial charge in [0.05, 0.1) is 6.61 Å². The molecule has 1 unspecified atom stereocenters. The molecule has 12 heavy (non-hydrogen) atoms. The average Bonchev–Trinajstić information content (AvgIpc) is 2.02. The van der Waals surface area contributed by atoms with Gasteiger partial charge in [-0.25, -0.2) is 0 Å². The molecule has 0 heterocycles. The summed E-state index contributed by atoms with van der Waals surface area (Å²) in [5.74, 6) is 0.392. The van der Waals surface area contributed by atoms with Crippen molar-refractivity contribution >= 4 is 37.8 Å². The van der Waals surface area contributed by atoms with Crippen LogP contribution in [0.4, 0.5) is 0 Å². The summed E-state index contributed by atoms with van der Waals surface area (Å²) in [7, 11) is 0. The maximum atomic E-state index is 11.1. The van der Waals surface area contributed by atoms with Gasteiger partial charge in [-0.2, -0.15) is 0 Å². The fraction of sp³-hybridized carbons (Fsp3) is 0.875. The first-order chi connectivity index (χ1) is 5.57. The van der Waals surface area contributed by atoms with E-state index in [2.05, 4.69) is 45.7 Å². The van der Waals surface area contributed by atoms with Gasteiger partial charge < -0.3 is 4.74 Å². The molecule has 0 spiro atoms. The lowest BCUT2D eigenvalue weighted by molar-refractivity contribution is -0.142. The number of halogens is 2. The summed E-state index contributed by atoms with van der Waals surface area (Å²) in [4.78, 5) is 10.8. The molecule has 0 rings (SSSR count). The van der Waals surface area contributed by atoms with Crippen LogP contribution in [0.25, 0.3) is 0 Å². The standard InChI is InChI=1S/C8H14Br2O2/c1-6(2)3-4-12-8(11)7(10)5-9/h6-7H,3-5H2,1-2H3. The van der Waals surface area contributed by atoms with Crippen LogP contribution in [0.15, 0.2) is 0 Å². The Bertz CT molecular complexity index is 137. The molecule has 0 bridgehead atoms. The molecule has 0 N–H and O–H groups in total. The average molecular weight is 302 g/mol. The molecule has 0 aromatic heterocycles. The van der Waals surface area contributed by atoms with E-state index in [1.165, 1.54) is 0 Å². The van der Waals surface area contributed by atoms with Crippen molar-refractivity contribution in [2.75, 3.05) is 11.9 Å². The van der Waals surface area contributed by atoms with Gasteiger partial charge in [0.25, 0.3) is 0 Å². The number of hydrogen-bond acceptors (Lipinski definition) is 2. The van der Waals surface area contributed by atoms with Crippen LogP contribution in [0.3, 0.4) is 0 Å². The number of carbonyl (C=O) groups excluding carboxylic acids is 1. The summed E-state index contributed by atoms with van der Waals surface area (Å²) in [5.41, 5.74) is 0. The van der Waals surface area contributed by atoms with Gasteiger partial charge in [-0.05, 0) is 12.3 Å². The molecule has 0 fully saturated rings. The summed E-state index contributed by atoms with van der Waals surface area (Å²) in [6, 6.07) is 0. The lowest BCUT2D eigenvalue weighted by Crippen LogP contribution is -2.19. The second kappa shape index (κ2) is 6.89. The van der Waals surface area contributed by atoms with Crippen molar-refractivity contribution in [3.8, 4) is 0 Å². The van der Waals surface area contributed by atoms with E-state index in [0.29, 0.717) is 17.9 Å². The fourth-order valence-corrected chi connectivity index (χ4v) is 0.945. The minimum Gasteiger partial charge on any atom is -0.465 e. The van der Waals surface area contributed by atoms with Crippen LogP contribution < -0.4 is 0 Å². The van der Waals surface area contributed by atoms with E-state index in [4.69, 9.17) is 4.74 Å². The predicted molar refractivity (Wildman–Crippen MR) is 56.9 cm³/mol. The number of ether oxygens (including phenoxy) is 1. The van der Waals surface area contributed by atoms with Crippen LogP contribution in [0.1, 0.15) is 20.3 Å². The Hall–Kier alpha value is 0.430. The Balaban J connectivity index is 3.44. The molecule has 0 saturated carbocycles. The molecule has 0 amide bonds. The highest BCUT2D eigenvalue weighted by atomic mass is 79.9. The van der Waals surface area contributed by atoms with Crippen LogP contribution in [-0.2, 0) is 9.53 Å². The number of esters is 1. The van der Waals surface area contributed by atoms with Crippen molar-refractivity contribution < 1.29 is 9.53 Å². The second-order valence-electron chi connectivity index (χ2n) is 2.97. The van der Waals surface area contributed by atoms with Gasteiger partial charge in [-0.1, -0.05) is 45.7 Å². The van der Waals surface area contributed by atoms with Crippen molar-refractivity contribution in [3.63, 3.8) is 0 Å². The highest BCUT2D eigenvalue weighted by Gasteiger charge is 2.14. The van der Waals surface area contributed by atoms with E-state index in [1.54, 1.807) is 0 Å². The van der Waals surface area contributed by atoms with E-state index in [1.807, 2.05) is 0 Å². The molecule has 0 aliphatic heterocycles. The van der Waals surface area contributed by atoms with Crippen LogP contribution in [0.2, 0.25) is 0 Å². The van der Waals surface area contributed by atoms with E-state index < -0.39 is 0 Å². The predicted octanol–water partition coefficient (Wildman–Crippen LogP) is 2.73. The molecule has 0 aromatic carbocycles. The molecule has 1 atom stereocenters. The Morgan fingerprint density at radius 3 is 2.50 bits per heavy atom. The van der Waals surface area contributed by atoms with Crippen molar-refractivity contribution in [2.24, 2.45) is 5.92 Å². The van der Waals surface area contributed by atoms with Crippen LogP contribution in [-0.4, -0.2) is 22.7 Å². The van der Waals surface area contributed by atoms with Crippen LogP contribution in [0, 0.1) is 5.92 Å². The highest BCUT2D eigenvalue weighted by molar-refractivity contribution is 9.12. The third kappa shape index (κ3) is 6.00. The van der Waals surface area contributed by atoms with Gasteiger partial charge in [0, 0.05) is 5.33 Å². The Morgan fingerprint density at radius 2 is 2.08 bits per heavy atom. The molecule has 0 radical (unpaired) electrons. The quantitative estimate of drug-likeness (QED) is 0.576. The number of alkyl halides is 2. The van der Waals surface area contributed by atoms with Crippen LogP contribution in [0.5, 0.6) is 0 Å². The third-order valence-electron chi connectivity index (χ3n) is 1.33. The molecule has 0 aliphatic carbocycles. The van der Waals surface area contributed by atoms with Gasteiger partial charge in [0.2, 0.25) is 0 Å². The third-order valence-corrected chi connectivity index (χ3v) is 3.54. The van der Waals surface area contributed by atoms with Crippen molar-refractivity contribution in [3.05, 3.63) is 0 Å². The highest BCUT2D eigenvalue weighted by Crippen LogP contribution is 2.07. The lowest BCUT2D eigenvalue weighted by atomic mass is 10.1. The number of rotatable bonds is 5. The minimum atomic E-state index is -0.218. The first kappa shape index (κ1) is 12.4. The summed E-state index contributed by atoms with van der Waals surface area (Å²) >= 11 is 6.38. The van der Waals surface area contributed by atoms with Gasteiger partial charge in [-0.15, -0.1) is 0 Å². The molecule has 0 aromatic rings. The minimum absolute atomic E-state index is 0.187. The van der Waals surface area contributed by atoms with E-state index in [0.717, 1.165) is 6.42 Å². The maximum absolute atomic E-state index is 11.1. The Kier molecular flexibility index (Phi) is 7.14. The zero-order valence-electron chi connectivity index (χ0n) is 7.35. The number of hydrogen-bond donors (Lipinski definition) is 0. The zero-order valence-corrected chi connectivity index (χ0v) is 10.5. The molecular formula is C8H14Br2O2. The van der Waals surface area contributed by atoms with Gasteiger partial charge in [0.1, 0.15) is 4.83 Å².